The molecule has 4 rings (SSSR count). The van der Waals surface area contributed by atoms with Crippen LogP contribution in [0.25, 0.3) is 0 Å². The smallest absolute Gasteiger partial charge is 0.343 e. The van der Waals surface area contributed by atoms with Crippen molar-refractivity contribution in [2.75, 3.05) is 13.1 Å². The van der Waals surface area contributed by atoms with Gasteiger partial charge in [-0.15, -0.1) is 0 Å². The molecule has 146 valence electrons. The lowest BCUT2D eigenvalue weighted by atomic mass is 9.95. The summed E-state index contributed by atoms with van der Waals surface area (Å²) in [5, 5.41) is 10.7. The molecule has 1 aliphatic heterocycles. The third kappa shape index (κ3) is 3.90. The zero-order valence-corrected chi connectivity index (χ0v) is 15.8. The van der Waals surface area contributed by atoms with Crippen LogP contribution < -0.4 is 5.69 Å². The van der Waals surface area contributed by atoms with Gasteiger partial charge in [-0.25, -0.2) is 9.89 Å². The van der Waals surface area contributed by atoms with E-state index in [-0.39, 0.29) is 23.9 Å². The van der Waals surface area contributed by atoms with E-state index in [9.17, 15) is 9.59 Å². The van der Waals surface area contributed by atoms with E-state index in [1.165, 1.54) is 0 Å². The number of piperidine rings is 1. The molecule has 28 heavy (non-hydrogen) atoms. The highest BCUT2D eigenvalue weighted by atomic mass is 16.5. The number of hydrogen-bond donors (Lipinski definition) is 1. The highest BCUT2D eigenvalue weighted by molar-refractivity contribution is 5.78. The number of carbonyl (C=O) groups is 1. The van der Waals surface area contributed by atoms with Crippen LogP contribution in [0.2, 0.25) is 0 Å². The summed E-state index contributed by atoms with van der Waals surface area (Å²) in [4.78, 5) is 26.6. The molecular formula is C20H23N5O3. The van der Waals surface area contributed by atoms with E-state index >= 15 is 0 Å². The summed E-state index contributed by atoms with van der Waals surface area (Å²) >= 11 is 0. The van der Waals surface area contributed by atoms with Crippen molar-refractivity contribution in [3.8, 4) is 0 Å². The van der Waals surface area contributed by atoms with Crippen LogP contribution in [0.4, 0.5) is 0 Å². The molecule has 1 aliphatic rings. The van der Waals surface area contributed by atoms with Crippen LogP contribution in [0.15, 0.2) is 45.7 Å². The fraction of sp³-hybridized carbons (Fsp3) is 0.400. The van der Waals surface area contributed by atoms with Crippen molar-refractivity contribution in [2.45, 2.75) is 38.6 Å². The van der Waals surface area contributed by atoms with Gasteiger partial charge in [0.15, 0.2) is 0 Å². The number of aryl methyl sites for hydroxylation is 1. The Bertz CT molecular complexity index is 996. The summed E-state index contributed by atoms with van der Waals surface area (Å²) < 4.78 is 6.84. The lowest BCUT2D eigenvalue weighted by Crippen LogP contribution is -2.39. The Kier molecular flexibility index (Phi) is 5.10. The van der Waals surface area contributed by atoms with E-state index in [1.54, 1.807) is 10.6 Å². The van der Waals surface area contributed by atoms with E-state index in [2.05, 4.69) is 15.4 Å². The van der Waals surface area contributed by atoms with Crippen molar-refractivity contribution in [3.05, 3.63) is 69.7 Å². The lowest BCUT2D eigenvalue weighted by Gasteiger charge is -2.31. The van der Waals surface area contributed by atoms with Crippen LogP contribution in [0.5, 0.6) is 0 Å². The molecule has 0 saturated carbocycles. The van der Waals surface area contributed by atoms with Crippen LogP contribution >= 0.6 is 0 Å². The summed E-state index contributed by atoms with van der Waals surface area (Å²) in [6.45, 7) is 3.61. The normalized spacial score (nSPS) is 15.1. The minimum Gasteiger partial charge on any atom is -0.361 e. The van der Waals surface area contributed by atoms with Gasteiger partial charge in [-0.3, -0.25) is 9.36 Å². The van der Waals surface area contributed by atoms with Gasteiger partial charge in [0.2, 0.25) is 5.91 Å². The molecule has 1 fully saturated rings. The van der Waals surface area contributed by atoms with Gasteiger partial charge in [-0.2, -0.15) is 5.10 Å². The van der Waals surface area contributed by atoms with E-state index in [0.717, 1.165) is 29.9 Å². The maximum atomic E-state index is 12.5. The van der Waals surface area contributed by atoms with Gasteiger partial charge in [-0.1, -0.05) is 35.5 Å². The van der Waals surface area contributed by atoms with Gasteiger partial charge in [0.25, 0.3) is 0 Å². The number of amides is 1. The van der Waals surface area contributed by atoms with Crippen molar-refractivity contribution in [1.82, 2.24) is 24.8 Å². The summed E-state index contributed by atoms with van der Waals surface area (Å²) in [5.74, 6) is 1.55. The molecule has 0 radical (unpaired) electrons. The molecule has 0 unspecified atom stereocenters. The number of rotatable bonds is 5. The van der Waals surface area contributed by atoms with Crippen LogP contribution in [-0.4, -0.2) is 43.8 Å². The van der Waals surface area contributed by atoms with Crippen molar-refractivity contribution in [2.24, 2.45) is 0 Å². The molecule has 3 aromatic rings. The number of H-pyrrole nitrogens is 1. The maximum Gasteiger partial charge on any atom is 0.343 e. The zero-order chi connectivity index (χ0) is 19.5. The Balaban J connectivity index is 1.40. The Morgan fingerprint density at radius 2 is 2.00 bits per heavy atom. The molecule has 1 N–H and O–H groups in total. The van der Waals surface area contributed by atoms with Gasteiger partial charge in [0.05, 0.1) is 18.7 Å². The molecule has 1 saturated heterocycles. The number of likely N-dealkylation sites (tertiary alicyclic amines) is 1. The second-order valence-electron chi connectivity index (χ2n) is 7.23. The Labute approximate surface area is 162 Å². The molecule has 0 bridgehead atoms. The quantitative estimate of drug-likeness (QED) is 0.728. The van der Waals surface area contributed by atoms with E-state index in [4.69, 9.17) is 4.52 Å². The van der Waals surface area contributed by atoms with E-state index in [1.807, 2.05) is 42.2 Å². The van der Waals surface area contributed by atoms with Gasteiger partial charge >= 0.3 is 5.69 Å². The Morgan fingerprint density at radius 1 is 1.25 bits per heavy atom. The van der Waals surface area contributed by atoms with Crippen molar-refractivity contribution < 1.29 is 9.32 Å². The number of nitrogens with zero attached hydrogens (tertiary/aromatic N) is 4. The lowest BCUT2D eigenvalue weighted by molar-refractivity contribution is -0.131. The SMILES string of the molecule is Cc1cc(CC(=O)N2CCC(c3n[nH]c(=O)n3Cc3ccccc3)CC2)on1. The standard InChI is InChI=1S/C20H23N5O3/c1-14-11-17(28-23-14)12-18(26)24-9-7-16(8-10-24)19-21-22-20(27)25(19)13-15-5-3-2-4-6-15/h2-6,11,16H,7-10,12-13H2,1H3,(H,22,27). The first-order chi connectivity index (χ1) is 13.6. The summed E-state index contributed by atoms with van der Waals surface area (Å²) in [6, 6.07) is 11.7. The fourth-order valence-electron chi connectivity index (χ4n) is 3.71. The topological polar surface area (TPSA) is 97.0 Å². The second-order valence-corrected chi connectivity index (χ2v) is 7.23. The first kappa shape index (κ1) is 18.2. The Morgan fingerprint density at radius 3 is 2.68 bits per heavy atom. The average molecular weight is 381 g/mol. The van der Waals surface area contributed by atoms with Gasteiger partial charge in [0.1, 0.15) is 11.6 Å². The van der Waals surface area contributed by atoms with E-state index < -0.39 is 0 Å². The molecule has 3 heterocycles. The third-order valence-electron chi connectivity index (χ3n) is 5.19. The molecule has 2 aromatic heterocycles. The number of aromatic nitrogens is 4. The number of benzene rings is 1. The molecule has 8 heteroatoms. The van der Waals surface area contributed by atoms with Crippen LogP contribution in [-0.2, 0) is 17.8 Å². The van der Waals surface area contributed by atoms with Gasteiger partial charge in [-0.05, 0) is 25.3 Å². The minimum atomic E-state index is -0.196. The second kappa shape index (κ2) is 7.84. The minimum absolute atomic E-state index is 0.0401. The van der Waals surface area contributed by atoms with Crippen molar-refractivity contribution >= 4 is 5.91 Å². The maximum absolute atomic E-state index is 12.5. The fourth-order valence-corrected chi connectivity index (χ4v) is 3.71. The largest absolute Gasteiger partial charge is 0.361 e. The molecular weight excluding hydrogens is 358 g/mol. The summed E-state index contributed by atoms with van der Waals surface area (Å²) in [5.41, 5.74) is 1.64. The monoisotopic (exact) mass is 381 g/mol. The van der Waals surface area contributed by atoms with Crippen molar-refractivity contribution in [3.63, 3.8) is 0 Å². The molecule has 1 amide bonds. The molecule has 8 nitrogen and oxygen atoms in total. The van der Waals surface area contributed by atoms with Crippen molar-refractivity contribution in [1.29, 1.82) is 0 Å². The number of hydrogen-bond acceptors (Lipinski definition) is 5. The highest BCUT2D eigenvalue weighted by Gasteiger charge is 2.28. The predicted octanol–water partition coefficient (Wildman–Crippen LogP) is 1.86. The highest BCUT2D eigenvalue weighted by Crippen LogP contribution is 2.26. The predicted molar refractivity (Wildman–Crippen MR) is 102 cm³/mol. The third-order valence-corrected chi connectivity index (χ3v) is 5.19. The number of nitrogens with one attached hydrogen (secondary N) is 1. The molecule has 0 spiro atoms. The molecule has 1 aromatic carbocycles. The molecule has 0 aliphatic carbocycles. The van der Waals surface area contributed by atoms with Gasteiger partial charge < -0.3 is 9.42 Å². The molecule has 0 atom stereocenters. The van der Waals surface area contributed by atoms with Crippen LogP contribution in [0.1, 0.15) is 41.6 Å². The zero-order valence-electron chi connectivity index (χ0n) is 15.8. The summed E-state index contributed by atoms with van der Waals surface area (Å²) in [7, 11) is 0. The average Bonchev–Trinajstić information content (AvgIpc) is 3.28. The van der Waals surface area contributed by atoms with E-state index in [0.29, 0.717) is 25.4 Å². The first-order valence-electron chi connectivity index (χ1n) is 9.49. The van der Waals surface area contributed by atoms with Gasteiger partial charge in [0, 0.05) is 25.1 Å². The Hall–Kier alpha value is -3.16. The summed E-state index contributed by atoms with van der Waals surface area (Å²) in [6.07, 6.45) is 1.78. The number of aromatic amines is 1. The number of carbonyl (C=O) groups excluding carboxylic acids is 1. The first-order valence-corrected chi connectivity index (χ1v) is 9.49. The van der Waals surface area contributed by atoms with Crippen LogP contribution in [0, 0.1) is 6.92 Å². The van der Waals surface area contributed by atoms with Crippen LogP contribution in [0.3, 0.4) is 0 Å².